The molecular weight excluding hydrogens is 310 g/mol. The molecule has 1 aromatic rings. The molecule has 0 spiro atoms. The molecule has 0 fully saturated rings. The van der Waals surface area contributed by atoms with Gasteiger partial charge in [0.1, 0.15) is 0 Å². The lowest BCUT2D eigenvalue weighted by Gasteiger charge is -2.24. The molecule has 1 rings (SSSR count). The highest BCUT2D eigenvalue weighted by Crippen LogP contribution is 2.13. The first kappa shape index (κ1) is 15.7. The molecule has 0 aromatic heterocycles. The van der Waals surface area contributed by atoms with E-state index < -0.39 is 11.9 Å². The van der Waals surface area contributed by atoms with E-state index in [1.54, 1.807) is 0 Å². The normalized spacial score (nSPS) is 11.9. The Balaban J connectivity index is 2.82. The monoisotopic (exact) mass is 327 g/mol. The van der Waals surface area contributed by atoms with Gasteiger partial charge in [-0.3, -0.25) is 9.59 Å². The Hall–Kier alpha value is -1.40. The van der Waals surface area contributed by atoms with E-state index in [-0.39, 0.29) is 12.5 Å². The van der Waals surface area contributed by atoms with Crippen LogP contribution in [0.25, 0.3) is 0 Å². The number of rotatable bonds is 6. The van der Waals surface area contributed by atoms with Gasteiger partial charge in [-0.15, -0.1) is 0 Å². The molecule has 1 atom stereocenters. The van der Waals surface area contributed by atoms with Gasteiger partial charge in [-0.2, -0.15) is 0 Å². The predicted octanol–water partition coefficient (Wildman–Crippen LogP) is 1.00. The van der Waals surface area contributed by atoms with Crippen LogP contribution in [-0.4, -0.2) is 29.3 Å². The molecule has 6 heteroatoms. The predicted molar refractivity (Wildman–Crippen MR) is 77.0 cm³/mol. The number of primary amides is 1. The average molecular weight is 328 g/mol. The van der Waals surface area contributed by atoms with Gasteiger partial charge in [0.15, 0.2) is 0 Å². The molecule has 5 nitrogen and oxygen atoms in total. The van der Waals surface area contributed by atoms with E-state index >= 15 is 0 Å². The number of hydrogen-bond acceptors (Lipinski definition) is 3. The molecule has 0 saturated carbocycles. The van der Waals surface area contributed by atoms with Crippen molar-refractivity contribution in [2.24, 2.45) is 11.5 Å². The number of nitrogens with two attached hydrogens (primary N) is 2. The lowest BCUT2D eigenvalue weighted by atomic mass is 10.1. The summed E-state index contributed by atoms with van der Waals surface area (Å²) in [5.41, 5.74) is 11.8. The van der Waals surface area contributed by atoms with Crippen LogP contribution in [0.15, 0.2) is 28.7 Å². The van der Waals surface area contributed by atoms with E-state index in [1.807, 2.05) is 31.2 Å². The third kappa shape index (κ3) is 5.00. The van der Waals surface area contributed by atoms with Crippen molar-refractivity contribution in [2.45, 2.75) is 25.9 Å². The summed E-state index contributed by atoms with van der Waals surface area (Å²) >= 11 is 3.34. The number of hydrogen-bond donors (Lipinski definition) is 2. The maximum Gasteiger partial charge on any atom is 0.240 e. The second-order valence-electron chi connectivity index (χ2n) is 4.30. The highest BCUT2D eigenvalue weighted by Gasteiger charge is 2.21. The van der Waals surface area contributed by atoms with Crippen LogP contribution < -0.4 is 11.5 Å². The molecule has 0 saturated heterocycles. The third-order valence-corrected chi connectivity index (χ3v) is 3.23. The quantitative estimate of drug-likeness (QED) is 0.816. The third-order valence-electron chi connectivity index (χ3n) is 2.70. The van der Waals surface area contributed by atoms with Gasteiger partial charge >= 0.3 is 0 Å². The van der Waals surface area contributed by atoms with Crippen molar-refractivity contribution < 1.29 is 9.59 Å². The van der Waals surface area contributed by atoms with Crippen molar-refractivity contribution >= 4 is 27.7 Å². The van der Waals surface area contributed by atoms with Crippen molar-refractivity contribution in [2.75, 3.05) is 6.54 Å². The van der Waals surface area contributed by atoms with Crippen molar-refractivity contribution in [3.8, 4) is 0 Å². The first-order valence-corrected chi connectivity index (χ1v) is 6.80. The summed E-state index contributed by atoms with van der Waals surface area (Å²) < 4.78 is 0.953. The van der Waals surface area contributed by atoms with E-state index in [1.165, 1.54) is 4.90 Å². The van der Waals surface area contributed by atoms with Crippen LogP contribution in [0.1, 0.15) is 18.9 Å². The van der Waals surface area contributed by atoms with Crippen LogP contribution in [0.5, 0.6) is 0 Å². The topological polar surface area (TPSA) is 89.4 Å². The molecule has 104 valence electrons. The molecule has 0 aliphatic carbocycles. The van der Waals surface area contributed by atoms with Gasteiger partial charge in [-0.05, 0) is 24.1 Å². The van der Waals surface area contributed by atoms with Crippen molar-refractivity contribution in [1.82, 2.24) is 4.90 Å². The molecule has 2 amide bonds. The lowest BCUT2D eigenvalue weighted by Crippen LogP contribution is -2.46. The highest BCUT2D eigenvalue weighted by atomic mass is 79.9. The van der Waals surface area contributed by atoms with Crippen LogP contribution in [0, 0.1) is 0 Å². The Kier molecular flexibility index (Phi) is 5.98. The Labute approximate surface area is 121 Å². The molecule has 0 unspecified atom stereocenters. The first-order valence-electron chi connectivity index (χ1n) is 6.01. The van der Waals surface area contributed by atoms with Crippen molar-refractivity contribution in [3.05, 3.63) is 34.3 Å². The Morgan fingerprint density at radius 1 is 1.32 bits per heavy atom. The van der Waals surface area contributed by atoms with Gasteiger partial charge in [-0.25, -0.2) is 0 Å². The summed E-state index contributed by atoms with van der Waals surface area (Å²) in [6.07, 6.45) is 0.522. The number of halogens is 1. The fraction of sp³-hybridized carbons (Fsp3) is 0.385. The van der Waals surface area contributed by atoms with E-state index in [0.29, 0.717) is 13.0 Å². The lowest BCUT2D eigenvalue weighted by molar-refractivity contribution is -0.137. The van der Waals surface area contributed by atoms with Crippen molar-refractivity contribution in [3.63, 3.8) is 0 Å². The van der Waals surface area contributed by atoms with Crippen LogP contribution in [-0.2, 0) is 16.1 Å². The maximum atomic E-state index is 12.1. The zero-order chi connectivity index (χ0) is 14.4. The van der Waals surface area contributed by atoms with Gasteiger partial charge in [0.2, 0.25) is 11.8 Å². The molecule has 19 heavy (non-hydrogen) atoms. The van der Waals surface area contributed by atoms with Gasteiger partial charge in [0, 0.05) is 11.0 Å². The Morgan fingerprint density at radius 2 is 1.89 bits per heavy atom. The summed E-state index contributed by atoms with van der Waals surface area (Å²) in [5, 5.41) is 0. The van der Waals surface area contributed by atoms with Gasteiger partial charge in [0.05, 0.1) is 12.6 Å². The minimum absolute atomic E-state index is 0.122. The van der Waals surface area contributed by atoms with E-state index in [9.17, 15) is 9.59 Å². The number of carbonyl (C=O) groups is 2. The van der Waals surface area contributed by atoms with E-state index in [2.05, 4.69) is 15.9 Å². The molecule has 0 aliphatic heterocycles. The molecule has 1 aromatic carbocycles. The van der Waals surface area contributed by atoms with Gasteiger partial charge in [-0.1, -0.05) is 35.0 Å². The maximum absolute atomic E-state index is 12.1. The summed E-state index contributed by atoms with van der Waals surface area (Å²) in [6.45, 7) is 2.02. The number of amides is 2. The van der Waals surface area contributed by atoms with Crippen LogP contribution in [0.2, 0.25) is 0 Å². The van der Waals surface area contributed by atoms with E-state index in [0.717, 1.165) is 10.0 Å². The Bertz CT molecular complexity index is 448. The molecule has 0 aliphatic rings. The number of benzene rings is 1. The fourth-order valence-electron chi connectivity index (χ4n) is 1.62. The van der Waals surface area contributed by atoms with E-state index in [4.69, 9.17) is 11.5 Å². The standard InChI is InChI=1S/C13H18BrN3O2/c1-2-11(15)13(19)17(8-12(16)18)7-9-3-5-10(14)6-4-9/h3-6,11H,2,7-8,15H2,1H3,(H2,16,18)/t11-/m0/s1. The second-order valence-corrected chi connectivity index (χ2v) is 5.22. The average Bonchev–Trinajstić information content (AvgIpc) is 2.38. The molecule has 0 radical (unpaired) electrons. The SMILES string of the molecule is CC[C@H](N)C(=O)N(CC(N)=O)Cc1ccc(Br)cc1. The number of carbonyl (C=O) groups excluding carboxylic acids is 2. The molecule has 0 heterocycles. The van der Waals surface area contributed by atoms with Crippen molar-refractivity contribution in [1.29, 1.82) is 0 Å². The van der Waals surface area contributed by atoms with Crippen LogP contribution in [0.3, 0.4) is 0 Å². The zero-order valence-corrected chi connectivity index (χ0v) is 12.4. The summed E-state index contributed by atoms with van der Waals surface area (Å²) in [7, 11) is 0. The molecular formula is C13H18BrN3O2. The minimum atomic E-state index is -0.602. The molecule has 4 N–H and O–H groups in total. The van der Waals surface area contributed by atoms with Gasteiger partial charge in [0.25, 0.3) is 0 Å². The summed E-state index contributed by atoms with van der Waals surface area (Å²) in [4.78, 5) is 24.5. The summed E-state index contributed by atoms with van der Waals surface area (Å²) in [6, 6.07) is 6.91. The van der Waals surface area contributed by atoms with Crippen LogP contribution >= 0.6 is 15.9 Å². The largest absolute Gasteiger partial charge is 0.368 e. The second kappa shape index (κ2) is 7.25. The van der Waals surface area contributed by atoms with Gasteiger partial charge < -0.3 is 16.4 Å². The van der Waals surface area contributed by atoms with Crippen LogP contribution in [0.4, 0.5) is 0 Å². The zero-order valence-electron chi connectivity index (χ0n) is 10.8. The summed E-state index contributed by atoms with van der Waals surface area (Å²) in [5.74, 6) is -0.807. The highest BCUT2D eigenvalue weighted by molar-refractivity contribution is 9.10. The fourth-order valence-corrected chi connectivity index (χ4v) is 1.88. The first-order chi connectivity index (χ1) is 8.93. The Morgan fingerprint density at radius 3 is 2.37 bits per heavy atom. The minimum Gasteiger partial charge on any atom is -0.368 e. The smallest absolute Gasteiger partial charge is 0.240 e. The molecule has 0 bridgehead atoms. The number of nitrogens with zero attached hydrogens (tertiary/aromatic N) is 1.